The lowest BCUT2D eigenvalue weighted by Gasteiger charge is -2.29. The van der Waals surface area contributed by atoms with Crippen molar-refractivity contribution in [2.75, 3.05) is 38.0 Å². The van der Waals surface area contributed by atoms with Gasteiger partial charge < -0.3 is 36.4 Å². The van der Waals surface area contributed by atoms with Crippen LogP contribution in [0.1, 0.15) is 67.4 Å². The molecule has 1 aliphatic carbocycles. The van der Waals surface area contributed by atoms with Crippen molar-refractivity contribution in [3.05, 3.63) is 87.7 Å². The fourth-order valence-electron chi connectivity index (χ4n) is 7.03. The van der Waals surface area contributed by atoms with Gasteiger partial charge in [-0.05, 0) is 117 Å². The summed E-state index contributed by atoms with van der Waals surface area (Å²) in [5.41, 5.74) is 5.15. The van der Waals surface area contributed by atoms with Crippen molar-refractivity contribution in [1.82, 2.24) is 31.0 Å². The number of benzene rings is 3. The standard InChI is InChI=1S/C40H51N7O6.C2HF3O2/c1-4-47(5-2)20-6-19-41-36(48)30-15-17-32(25(3)21-30)28-11-7-26(8-12-28)22-35(39(51)43-31-16-18-33-34(23-31)45-46-38(33)50)44-37(49)29-13-9-27(10-14-29)24-42-40(52)53;3-2(4,5)1(6)7/h7-8,11-12,15-18,21,23,27,29,35,42H,4-6,9-10,13-14,19-20,22,24H2,1-3H3,(H,41,48)(H,43,51)(H,44,49)(H,52,53)(H2,45,46,50);(H,6,7)/t27?,29?,35-;/m0./s1. The molecule has 18 heteroatoms. The van der Waals surface area contributed by atoms with Crippen LogP contribution in [0.4, 0.5) is 23.7 Å². The molecule has 1 heterocycles. The number of aromatic amines is 2. The molecule has 0 spiro atoms. The third-order valence-corrected chi connectivity index (χ3v) is 10.5. The normalized spacial score (nSPS) is 15.7. The van der Waals surface area contributed by atoms with Crippen LogP contribution >= 0.6 is 0 Å². The van der Waals surface area contributed by atoms with Crippen molar-refractivity contribution >= 4 is 46.4 Å². The molecule has 60 heavy (non-hydrogen) atoms. The summed E-state index contributed by atoms with van der Waals surface area (Å²) >= 11 is 0. The van der Waals surface area contributed by atoms with Crippen LogP contribution in [0.3, 0.4) is 0 Å². The van der Waals surface area contributed by atoms with E-state index in [1.807, 2.05) is 49.4 Å². The first-order valence-electron chi connectivity index (χ1n) is 19.8. The molecule has 3 aromatic carbocycles. The van der Waals surface area contributed by atoms with E-state index < -0.39 is 30.2 Å². The van der Waals surface area contributed by atoms with Gasteiger partial charge >= 0.3 is 18.2 Å². The SMILES string of the molecule is CCN(CC)CCCNC(=O)c1ccc(-c2ccc(C[C@H](NC(=O)C3CCC(CNC(=O)O)CC3)C(=O)Nc3ccc4c(=O)[nH][nH]c4c3)cc2)c(C)c1.O=C(O)C(F)(F)F. The average molecular weight is 840 g/mol. The van der Waals surface area contributed by atoms with Gasteiger partial charge in [-0.15, -0.1) is 0 Å². The smallest absolute Gasteiger partial charge is 0.475 e. The van der Waals surface area contributed by atoms with Gasteiger partial charge in [0.1, 0.15) is 6.04 Å². The number of aryl methyl sites for hydroxylation is 1. The fourth-order valence-corrected chi connectivity index (χ4v) is 7.03. The maximum atomic E-state index is 13.7. The molecule has 0 bridgehead atoms. The number of carboxylic acids is 1. The Balaban J connectivity index is 0.00000104. The highest BCUT2D eigenvalue weighted by Gasteiger charge is 2.38. The third kappa shape index (κ3) is 13.7. The number of hydrogen-bond donors (Lipinski definition) is 8. The minimum atomic E-state index is -5.08. The Kier molecular flexibility index (Phi) is 16.8. The van der Waals surface area contributed by atoms with Crippen LogP contribution in [-0.4, -0.2) is 100 Å². The Bertz CT molecular complexity index is 2160. The number of fused-ring (bicyclic) bond motifs is 1. The van der Waals surface area contributed by atoms with E-state index in [1.165, 1.54) is 0 Å². The van der Waals surface area contributed by atoms with E-state index in [4.69, 9.17) is 15.0 Å². The number of amides is 4. The molecule has 1 aliphatic rings. The van der Waals surface area contributed by atoms with E-state index in [2.05, 4.69) is 50.2 Å². The number of alkyl halides is 3. The number of rotatable bonds is 16. The highest BCUT2D eigenvalue weighted by atomic mass is 19.4. The minimum Gasteiger partial charge on any atom is -0.475 e. The second-order valence-corrected chi connectivity index (χ2v) is 14.7. The van der Waals surface area contributed by atoms with Gasteiger partial charge in [0, 0.05) is 36.7 Å². The van der Waals surface area contributed by atoms with E-state index in [0.717, 1.165) is 48.3 Å². The van der Waals surface area contributed by atoms with E-state index >= 15 is 0 Å². The number of H-pyrrole nitrogens is 2. The van der Waals surface area contributed by atoms with Crippen molar-refractivity contribution in [3.8, 4) is 11.1 Å². The summed E-state index contributed by atoms with van der Waals surface area (Å²) in [5, 5.41) is 33.2. The minimum absolute atomic E-state index is 0.0922. The third-order valence-electron chi connectivity index (χ3n) is 10.5. The highest BCUT2D eigenvalue weighted by molar-refractivity contribution is 5.99. The fraction of sp³-hybridized carbons (Fsp3) is 0.429. The highest BCUT2D eigenvalue weighted by Crippen LogP contribution is 2.29. The van der Waals surface area contributed by atoms with Crippen LogP contribution in [0.15, 0.2) is 65.5 Å². The first-order chi connectivity index (χ1) is 28.5. The number of carbonyl (C=O) groups is 5. The van der Waals surface area contributed by atoms with Gasteiger partial charge in [0.05, 0.1) is 10.9 Å². The van der Waals surface area contributed by atoms with Crippen LogP contribution in [0, 0.1) is 18.8 Å². The zero-order valence-corrected chi connectivity index (χ0v) is 33.7. The van der Waals surface area contributed by atoms with E-state index in [9.17, 15) is 37.1 Å². The van der Waals surface area contributed by atoms with E-state index in [1.54, 1.807) is 18.2 Å². The molecule has 4 amide bonds. The largest absolute Gasteiger partial charge is 0.490 e. The van der Waals surface area contributed by atoms with Crippen molar-refractivity contribution in [3.63, 3.8) is 0 Å². The van der Waals surface area contributed by atoms with Crippen LogP contribution in [0.25, 0.3) is 22.0 Å². The predicted octanol–water partition coefficient (Wildman–Crippen LogP) is 5.67. The Labute approximate surface area is 344 Å². The molecule has 0 unspecified atom stereocenters. The first-order valence-corrected chi connectivity index (χ1v) is 19.8. The van der Waals surface area contributed by atoms with Gasteiger partial charge in [-0.25, -0.2) is 9.59 Å². The van der Waals surface area contributed by atoms with Crippen LogP contribution < -0.4 is 26.8 Å². The molecule has 15 nitrogen and oxygen atoms in total. The lowest BCUT2D eigenvalue weighted by Crippen LogP contribution is -2.48. The number of carboxylic acid groups (broad SMARTS) is 2. The average Bonchev–Trinajstić information content (AvgIpc) is 3.59. The molecule has 0 aliphatic heterocycles. The van der Waals surface area contributed by atoms with Gasteiger partial charge in [0.2, 0.25) is 11.8 Å². The molecular formula is C42H52F3N7O8. The van der Waals surface area contributed by atoms with E-state index in [-0.39, 0.29) is 35.6 Å². The van der Waals surface area contributed by atoms with Crippen molar-refractivity contribution < 1.29 is 47.4 Å². The molecule has 8 N–H and O–H groups in total. The zero-order valence-electron chi connectivity index (χ0n) is 33.7. The molecule has 1 fully saturated rings. The molecule has 5 rings (SSSR count). The number of carbonyl (C=O) groups excluding carboxylic acids is 3. The summed E-state index contributed by atoms with van der Waals surface area (Å²) < 4.78 is 31.7. The van der Waals surface area contributed by atoms with Gasteiger partial charge in [-0.2, -0.15) is 13.2 Å². The number of hydrogen-bond acceptors (Lipinski definition) is 7. The van der Waals surface area contributed by atoms with Crippen molar-refractivity contribution in [1.29, 1.82) is 0 Å². The molecular weight excluding hydrogens is 787 g/mol. The number of aliphatic carboxylic acids is 1. The quantitative estimate of drug-likeness (QED) is 0.0650. The van der Waals surface area contributed by atoms with Gasteiger partial charge in [-0.3, -0.25) is 29.4 Å². The number of halogens is 3. The summed E-state index contributed by atoms with van der Waals surface area (Å²) in [6, 6.07) is 17.6. The van der Waals surface area contributed by atoms with Gasteiger partial charge in [0.15, 0.2) is 0 Å². The monoisotopic (exact) mass is 839 g/mol. The van der Waals surface area contributed by atoms with Crippen molar-refractivity contribution in [2.24, 2.45) is 11.8 Å². The van der Waals surface area contributed by atoms with Crippen LogP contribution in [0.5, 0.6) is 0 Å². The van der Waals surface area contributed by atoms with E-state index in [0.29, 0.717) is 60.9 Å². The molecule has 324 valence electrons. The second kappa shape index (κ2) is 21.7. The maximum Gasteiger partial charge on any atom is 0.490 e. The number of aromatic nitrogens is 2. The number of anilines is 1. The zero-order chi connectivity index (χ0) is 44.0. The Morgan fingerprint density at radius 3 is 2.15 bits per heavy atom. The topological polar surface area (TPSA) is 226 Å². The first kappa shape index (κ1) is 46.5. The lowest BCUT2D eigenvalue weighted by atomic mass is 9.81. The summed E-state index contributed by atoms with van der Waals surface area (Å²) in [7, 11) is 0. The molecule has 0 saturated heterocycles. The van der Waals surface area contributed by atoms with Crippen molar-refractivity contribution in [2.45, 2.75) is 71.5 Å². The summed E-state index contributed by atoms with van der Waals surface area (Å²) in [5.74, 6) is -3.56. The van der Waals surface area contributed by atoms with Crippen LogP contribution in [-0.2, 0) is 20.8 Å². The lowest BCUT2D eigenvalue weighted by molar-refractivity contribution is -0.192. The maximum absolute atomic E-state index is 13.7. The Morgan fingerprint density at radius 2 is 1.55 bits per heavy atom. The second-order valence-electron chi connectivity index (χ2n) is 14.7. The Morgan fingerprint density at radius 1 is 0.883 bits per heavy atom. The summed E-state index contributed by atoms with van der Waals surface area (Å²) in [6.07, 6.45) is -2.36. The molecule has 0 radical (unpaired) electrons. The molecule has 1 aromatic heterocycles. The van der Waals surface area contributed by atoms with Crippen LogP contribution in [0.2, 0.25) is 0 Å². The molecule has 4 aromatic rings. The molecule has 1 saturated carbocycles. The summed E-state index contributed by atoms with van der Waals surface area (Å²) in [6.45, 7) is 10.2. The number of nitrogens with one attached hydrogen (secondary N) is 6. The number of nitrogens with zero attached hydrogens (tertiary/aromatic N) is 1. The molecule has 1 atom stereocenters. The van der Waals surface area contributed by atoms with Gasteiger partial charge in [-0.1, -0.05) is 44.2 Å². The summed E-state index contributed by atoms with van der Waals surface area (Å²) in [4.78, 5) is 74.2. The van der Waals surface area contributed by atoms with Gasteiger partial charge in [0.25, 0.3) is 11.5 Å². The Hall–Kier alpha value is -6.17. The predicted molar refractivity (Wildman–Crippen MR) is 220 cm³/mol.